The number of benzene rings is 3. The molecule has 0 unspecified atom stereocenters. The summed E-state index contributed by atoms with van der Waals surface area (Å²) in [6.07, 6.45) is 0. The van der Waals surface area contributed by atoms with Crippen molar-refractivity contribution in [2.45, 2.75) is 18.7 Å². The van der Waals surface area contributed by atoms with Gasteiger partial charge in [-0.2, -0.15) is 0 Å². The lowest BCUT2D eigenvalue weighted by atomic mass is 10.2. The maximum Gasteiger partial charge on any atom is 0.120 e. The van der Waals surface area contributed by atoms with Crippen LogP contribution in [0.4, 0.5) is 22.7 Å². The average molecular weight is 465 g/mol. The highest BCUT2D eigenvalue weighted by Crippen LogP contribution is 2.31. The Morgan fingerprint density at radius 2 is 1.48 bits per heavy atom. The Bertz CT molecular complexity index is 985. The van der Waals surface area contributed by atoms with E-state index in [4.69, 9.17) is 4.74 Å². The van der Waals surface area contributed by atoms with Crippen molar-refractivity contribution in [2.75, 3.05) is 62.5 Å². The number of para-hydroxylation sites is 2. The van der Waals surface area contributed by atoms with Crippen LogP contribution in [0.2, 0.25) is 0 Å². The summed E-state index contributed by atoms with van der Waals surface area (Å²) in [5.74, 6) is 0.907. The number of nitrogens with one attached hydrogen (secondary N) is 1. The second-order valence-electron chi connectivity index (χ2n) is 7.75. The van der Waals surface area contributed by atoms with Crippen molar-refractivity contribution < 1.29 is 4.74 Å². The van der Waals surface area contributed by atoms with Crippen LogP contribution in [-0.2, 0) is 0 Å². The van der Waals surface area contributed by atoms with Gasteiger partial charge in [0, 0.05) is 48.5 Å². The highest BCUT2D eigenvalue weighted by molar-refractivity contribution is 7.97. The monoisotopic (exact) mass is 464 g/mol. The summed E-state index contributed by atoms with van der Waals surface area (Å²) in [7, 11) is 5.83. The summed E-state index contributed by atoms with van der Waals surface area (Å²) in [6.45, 7) is 7.93. The maximum absolute atomic E-state index is 5.39. The van der Waals surface area contributed by atoms with Crippen LogP contribution in [0.3, 0.4) is 0 Å². The highest BCUT2D eigenvalue weighted by Gasteiger charge is 2.19. The Kier molecular flexibility index (Phi) is 9.34. The third-order valence-electron chi connectivity index (χ3n) is 5.36. The minimum atomic E-state index is 0.907. The summed E-state index contributed by atoms with van der Waals surface area (Å²) >= 11 is 1.72. The molecule has 1 saturated heterocycles. The zero-order chi connectivity index (χ0) is 23.6. The Morgan fingerprint density at radius 3 is 2.15 bits per heavy atom. The number of nitrogens with zero attached hydrogens (tertiary/aromatic N) is 3. The van der Waals surface area contributed by atoms with Gasteiger partial charge in [-0.3, -0.25) is 4.31 Å². The molecule has 1 N–H and O–H groups in total. The zero-order valence-electron chi connectivity index (χ0n) is 20.4. The smallest absolute Gasteiger partial charge is 0.120 e. The third kappa shape index (κ3) is 6.83. The number of rotatable bonds is 7. The van der Waals surface area contributed by atoms with E-state index >= 15 is 0 Å². The topological polar surface area (TPSA) is 31.0 Å². The Morgan fingerprint density at radius 1 is 0.818 bits per heavy atom. The van der Waals surface area contributed by atoms with Crippen molar-refractivity contribution in [3.05, 3.63) is 72.8 Å². The van der Waals surface area contributed by atoms with Gasteiger partial charge in [0.2, 0.25) is 0 Å². The van der Waals surface area contributed by atoms with Crippen LogP contribution in [0, 0.1) is 0 Å². The zero-order valence-corrected chi connectivity index (χ0v) is 21.2. The van der Waals surface area contributed by atoms with Crippen LogP contribution in [0.25, 0.3) is 0 Å². The fourth-order valence-corrected chi connectivity index (χ4v) is 4.51. The molecule has 176 valence electrons. The van der Waals surface area contributed by atoms with Gasteiger partial charge in [-0.15, -0.1) is 0 Å². The van der Waals surface area contributed by atoms with E-state index in [-0.39, 0.29) is 0 Å². The maximum atomic E-state index is 5.39. The standard InChI is InChI=1S/C25H30N4OS.C2H6/c1-27(2)31-23-13-11-20(12-14-23)26-24-9-4-5-10-25(24)29-17-15-28(16-18-29)21-7-6-8-22(19-21)30-3;1-2/h4-14,19,26H,15-18H2,1-3H3;1-2H3. The average Bonchev–Trinajstić information content (AvgIpc) is 2.87. The quantitative estimate of drug-likeness (QED) is 0.410. The van der Waals surface area contributed by atoms with E-state index in [1.807, 2.05) is 19.9 Å². The van der Waals surface area contributed by atoms with Gasteiger partial charge in [-0.25, -0.2) is 0 Å². The number of methoxy groups -OCH3 is 1. The molecule has 0 spiro atoms. The molecule has 1 aliphatic heterocycles. The Hall–Kier alpha value is -2.83. The lowest BCUT2D eigenvalue weighted by Crippen LogP contribution is -2.46. The summed E-state index contributed by atoms with van der Waals surface area (Å²) in [4.78, 5) is 6.13. The van der Waals surface area contributed by atoms with Crippen LogP contribution in [-0.4, -0.2) is 51.7 Å². The second kappa shape index (κ2) is 12.4. The first-order chi connectivity index (χ1) is 16.1. The van der Waals surface area contributed by atoms with E-state index in [9.17, 15) is 0 Å². The van der Waals surface area contributed by atoms with Crippen LogP contribution >= 0.6 is 11.9 Å². The second-order valence-corrected chi connectivity index (χ2v) is 9.13. The summed E-state index contributed by atoms with van der Waals surface area (Å²) in [5, 5.41) is 3.61. The molecule has 5 nitrogen and oxygen atoms in total. The molecule has 4 rings (SSSR count). The van der Waals surface area contributed by atoms with Gasteiger partial charge < -0.3 is 19.9 Å². The van der Waals surface area contributed by atoms with Crippen LogP contribution in [0.1, 0.15) is 13.8 Å². The predicted octanol–water partition coefficient (Wildman–Crippen LogP) is 6.36. The van der Waals surface area contributed by atoms with E-state index in [0.717, 1.165) is 43.3 Å². The SMILES string of the molecule is CC.COc1cccc(N2CCN(c3ccccc3Nc3ccc(SN(C)C)cc3)CC2)c1. The number of anilines is 4. The van der Waals surface area contributed by atoms with Crippen LogP contribution in [0.5, 0.6) is 5.75 Å². The van der Waals surface area contributed by atoms with Crippen molar-refractivity contribution in [3.8, 4) is 5.75 Å². The molecule has 1 heterocycles. The Balaban J connectivity index is 0.00000149. The minimum Gasteiger partial charge on any atom is -0.497 e. The number of piperazine rings is 1. The fourth-order valence-electron chi connectivity index (χ4n) is 3.83. The van der Waals surface area contributed by atoms with Gasteiger partial charge in [0.05, 0.1) is 18.5 Å². The van der Waals surface area contributed by atoms with E-state index in [0.29, 0.717) is 0 Å². The first-order valence-electron chi connectivity index (χ1n) is 11.6. The molecule has 0 atom stereocenters. The highest BCUT2D eigenvalue weighted by atomic mass is 32.2. The van der Waals surface area contributed by atoms with Crippen molar-refractivity contribution in [3.63, 3.8) is 0 Å². The molecular weight excluding hydrogens is 428 g/mol. The normalized spacial score (nSPS) is 13.4. The van der Waals surface area contributed by atoms with Crippen molar-refractivity contribution >= 4 is 34.7 Å². The number of hydrogen-bond acceptors (Lipinski definition) is 6. The van der Waals surface area contributed by atoms with E-state index in [1.165, 1.54) is 16.3 Å². The molecule has 1 aliphatic rings. The summed E-state index contributed by atoms with van der Waals surface area (Å²) in [5.41, 5.74) is 4.72. The van der Waals surface area contributed by atoms with Crippen LogP contribution < -0.4 is 19.9 Å². The largest absolute Gasteiger partial charge is 0.497 e. The molecule has 1 fully saturated rings. The van der Waals surface area contributed by atoms with Crippen molar-refractivity contribution in [1.82, 2.24) is 4.31 Å². The van der Waals surface area contributed by atoms with Gasteiger partial charge in [-0.1, -0.05) is 32.0 Å². The van der Waals surface area contributed by atoms with E-state index in [1.54, 1.807) is 19.1 Å². The van der Waals surface area contributed by atoms with Crippen LogP contribution in [0.15, 0.2) is 77.7 Å². The molecule has 3 aromatic carbocycles. The number of ether oxygens (including phenoxy) is 1. The first-order valence-corrected chi connectivity index (χ1v) is 12.3. The molecule has 0 aromatic heterocycles. The van der Waals surface area contributed by atoms with E-state index in [2.05, 4.69) is 100 Å². The molecule has 0 saturated carbocycles. The van der Waals surface area contributed by atoms with Gasteiger partial charge in [0.1, 0.15) is 5.75 Å². The van der Waals surface area contributed by atoms with Crippen molar-refractivity contribution in [1.29, 1.82) is 0 Å². The van der Waals surface area contributed by atoms with Gasteiger partial charge in [-0.05, 0) is 74.6 Å². The number of hydrogen-bond donors (Lipinski definition) is 1. The first kappa shape index (κ1) is 24.8. The molecule has 33 heavy (non-hydrogen) atoms. The van der Waals surface area contributed by atoms with Gasteiger partial charge in [0.15, 0.2) is 0 Å². The summed E-state index contributed by atoms with van der Waals surface area (Å²) < 4.78 is 7.49. The molecular formula is C27H36N4OS. The molecule has 0 aliphatic carbocycles. The summed E-state index contributed by atoms with van der Waals surface area (Å²) in [6, 6.07) is 25.5. The molecule has 0 amide bonds. The van der Waals surface area contributed by atoms with E-state index < -0.39 is 0 Å². The fraction of sp³-hybridized carbons (Fsp3) is 0.333. The molecule has 0 bridgehead atoms. The minimum absolute atomic E-state index is 0.907. The molecule has 3 aromatic rings. The third-order valence-corrected chi connectivity index (χ3v) is 6.21. The Labute approximate surface area is 203 Å². The predicted molar refractivity (Wildman–Crippen MR) is 144 cm³/mol. The molecule has 0 radical (unpaired) electrons. The van der Waals surface area contributed by atoms with Gasteiger partial charge >= 0.3 is 0 Å². The lowest BCUT2D eigenvalue weighted by molar-refractivity contribution is 0.414. The van der Waals surface area contributed by atoms with Crippen molar-refractivity contribution in [2.24, 2.45) is 0 Å². The van der Waals surface area contributed by atoms with Gasteiger partial charge in [0.25, 0.3) is 0 Å². The lowest BCUT2D eigenvalue weighted by Gasteiger charge is -2.38. The molecule has 6 heteroatoms.